The number of hydrogen-bond donors (Lipinski definition) is 1. The van der Waals surface area contributed by atoms with Crippen molar-refractivity contribution in [1.82, 2.24) is 0 Å². The molecule has 15 heavy (non-hydrogen) atoms. The van der Waals surface area contributed by atoms with Crippen LogP contribution in [0.15, 0.2) is 22.7 Å². The predicted molar refractivity (Wildman–Crippen MR) is 70.3 cm³/mol. The number of anilines is 1. The van der Waals surface area contributed by atoms with Crippen LogP contribution in [-0.2, 0) is 0 Å². The normalized spacial score (nSPS) is 12.6. The fourth-order valence-electron chi connectivity index (χ4n) is 1.57. The Bertz CT molecular complexity index is 323. The van der Waals surface area contributed by atoms with Gasteiger partial charge in [-0.15, -0.1) is 0 Å². The smallest absolute Gasteiger partial charge is 0.0508 e. The molecule has 0 aliphatic heterocycles. The van der Waals surface area contributed by atoms with Crippen LogP contribution in [0.25, 0.3) is 0 Å². The van der Waals surface area contributed by atoms with E-state index in [2.05, 4.69) is 53.0 Å². The molecule has 0 saturated carbocycles. The summed E-state index contributed by atoms with van der Waals surface area (Å²) < 4.78 is 1.12. The predicted octanol–water partition coefficient (Wildman–Crippen LogP) is 3.32. The molecule has 0 aromatic heterocycles. The Kier molecular flexibility index (Phi) is 4.61. The first-order valence-electron chi connectivity index (χ1n) is 5.32. The van der Waals surface area contributed by atoms with Gasteiger partial charge in [0.1, 0.15) is 0 Å². The van der Waals surface area contributed by atoms with Crippen molar-refractivity contribution in [2.24, 2.45) is 5.73 Å². The van der Waals surface area contributed by atoms with Crippen molar-refractivity contribution >= 4 is 21.6 Å². The summed E-state index contributed by atoms with van der Waals surface area (Å²) in [5.41, 5.74) is 8.22. The highest BCUT2D eigenvalue weighted by Gasteiger charge is 2.07. The summed E-state index contributed by atoms with van der Waals surface area (Å²) in [6.45, 7) is 5.24. The van der Waals surface area contributed by atoms with Crippen LogP contribution in [0.2, 0.25) is 0 Å². The van der Waals surface area contributed by atoms with Crippen LogP contribution in [0, 0.1) is 0 Å². The molecule has 1 aromatic rings. The van der Waals surface area contributed by atoms with Crippen molar-refractivity contribution < 1.29 is 0 Å². The molecule has 0 unspecified atom stereocenters. The van der Waals surface area contributed by atoms with Crippen LogP contribution in [0.3, 0.4) is 0 Å². The molecule has 0 amide bonds. The maximum atomic E-state index is 5.83. The third-order valence-electron chi connectivity index (χ3n) is 2.47. The van der Waals surface area contributed by atoms with Gasteiger partial charge >= 0.3 is 0 Å². The summed E-state index contributed by atoms with van der Waals surface area (Å²) in [6, 6.07) is 6.41. The van der Waals surface area contributed by atoms with Gasteiger partial charge in [-0.25, -0.2) is 0 Å². The van der Waals surface area contributed by atoms with Crippen LogP contribution >= 0.6 is 15.9 Å². The van der Waals surface area contributed by atoms with Crippen LogP contribution < -0.4 is 10.6 Å². The molecule has 3 heteroatoms. The topological polar surface area (TPSA) is 29.3 Å². The summed E-state index contributed by atoms with van der Waals surface area (Å²) in [5.74, 6) is 0. The largest absolute Gasteiger partial charge is 0.374 e. The monoisotopic (exact) mass is 270 g/mol. The molecule has 0 spiro atoms. The maximum Gasteiger partial charge on any atom is 0.0508 e. The minimum absolute atomic E-state index is 0.0897. The molecule has 0 fully saturated rings. The molecule has 1 rings (SSSR count). The zero-order valence-electron chi connectivity index (χ0n) is 9.63. The third kappa shape index (κ3) is 3.21. The minimum atomic E-state index is 0.0897. The lowest BCUT2D eigenvalue weighted by molar-refractivity contribution is 0.813. The molecule has 0 radical (unpaired) electrons. The molecule has 84 valence electrons. The Morgan fingerprint density at radius 3 is 2.60 bits per heavy atom. The summed E-state index contributed by atoms with van der Waals surface area (Å²) >= 11 is 3.59. The highest BCUT2D eigenvalue weighted by molar-refractivity contribution is 9.10. The number of hydrogen-bond acceptors (Lipinski definition) is 2. The fraction of sp³-hybridized carbons (Fsp3) is 0.500. The molecule has 0 aliphatic carbocycles. The molecule has 1 atom stereocenters. The fourth-order valence-corrected chi connectivity index (χ4v) is 2.27. The first-order valence-corrected chi connectivity index (χ1v) is 6.11. The molecule has 2 N–H and O–H groups in total. The SMILES string of the molecule is CCCN(C)c1ccc([C@@H](C)N)cc1Br. The molecule has 0 bridgehead atoms. The van der Waals surface area contributed by atoms with Gasteiger partial charge < -0.3 is 10.6 Å². The zero-order chi connectivity index (χ0) is 11.4. The van der Waals surface area contributed by atoms with E-state index in [1.165, 1.54) is 5.69 Å². The summed E-state index contributed by atoms with van der Waals surface area (Å²) in [6.07, 6.45) is 1.15. The molecule has 2 nitrogen and oxygen atoms in total. The zero-order valence-corrected chi connectivity index (χ0v) is 11.2. The van der Waals surface area contributed by atoms with E-state index in [4.69, 9.17) is 5.73 Å². The standard InChI is InChI=1S/C12H19BrN2/c1-4-7-15(3)12-6-5-10(9(2)14)8-11(12)13/h5-6,8-9H,4,7,14H2,1-3H3/t9-/m1/s1. The Hall–Kier alpha value is -0.540. The van der Waals surface area contributed by atoms with Crippen molar-refractivity contribution in [2.45, 2.75) is 26.3 Å². The van der Waals surface area contributed by atoms with E-state index in [9.17, 15) is 0 Å². The Labute approximate surface area is 101 Å². The highest BCUT2D eigenvalue weighted by atomic mass is 79.9. The molecular weight excluding hydrogens is 252 g/mol. The van der Waals surface area contributed by atoms with Gasteiger partial charge in [0.15, 0.2) is 0 Å². The van der Waals surface area contributed by atoms with Gasteiger partial charge in [-0.3, -0.25) is 0 Å². The van der Waals surface area contributed by atoms with E-state index in [0.29, 0.717) is 0 Å². The van der Waals surface area contributed by atoms with Gasteiger partial charge in [-0.05, 0) is 47.0 Å². The summed E-state index contributed by atoms with van der Waals surface area (Å²) in [7, 11) is 2.11. The second-order valence-electron chi connectivity index (χ2n) is 3.92. The first-order chi connectivity index (χ1) is 7.06. The van der Waals surface area contributed by atoms with Crippen LogP contribution in [-0.4, -0.2) is 13.6 Å². The highest BCUT2D eigenvalue weighted by Crippen LogP contribution is 2.28. The van der Waals surface area contributed by atoms with E-state index in [1.807, 2.05) is 6.92 Å². The average molecular weight is 271 g/mol. The quantitative estimate of drug-likeness (QED) is 0.910. The van der Waals surface area contributed by atoms with Gasteiger partial charge in [0, 0.05) is 24.1 Å². The number of nitrogens with two attached hydrogens (primary N) is 1. The van der Waals surface area contributed by atoms with Crippen molar-refractivity contribution in [1.29, 1.82) is 0 Å². The number of rotatable bonds is 4. The Morgan fingerprint density at radius 1 is 1.47 bits per heavy atom. The third-order valence-corrected chi connectivity index (χ3v) is 3.10. The lowest BCUT2D eigenvalue weighted by atomic mass is 10.1. The molecule has 0 heterocycles. The van der Waals surface area contributed by atoms with Gasteiger partial charge in [-0.2, -0.15) is 0 Å². The lowest BCUT2D eigenvalue weighted by Crippen LogP contribution is -2.18. The minimum Gasteiger partial charge on any atom is -0.374 e. The van der Waals surface area contributed by atoms with E-state index in [0.717, 1.165) is 23.0 Å². The van der Waals surface area contributed by atoms with Gasteiger partial charge in [0.05, 0.1) is 5.69 Å². The second-order valence-corrected chi connectivity index (χ2v) is 4.78. The molecule has 0 aliphatic rings. The Morgan fingerprint density at radius 2 is 2.13 bits per heavy atom. The molecular formula is C12H19BrN2. The lowest BCUT2D eigenvalue weighted by Gasteiger charge is -2.21. The van der Waals surface area contributed by atoms with Crippen LogP contribution in [0.4, 0.5) is 5.69 Å². The van der Waals surface area contributed by atoms with E-state index in [-0.39, 0.29) is 6.04 Å². The van der Waals surface area contributed by atoms with E-state index in [1.54, 1.807) is 0 Å². The number of benzene rings is 1. The van der Waals surface area contributed by atoms with E-state index < -0.39 is 0 Å². The second kappa shape index (κ2) is 5.52. The van der Waals surface area contributed by atoms with Gasteiger partial charge in [0.25, 0.3) is 0 Å². The Balaban J connectivity index is 2.92. The number of nitrogens with zero attached hydrogens (tertiary/aromatic N) is 1. The van der Waals surface area contributed by atoms with Crippen LogP contribution in [0.1, 0.15) is 31.9 Å². The van der Waals surface area contributed by atoms with Crippen LogP contribution in [0.5, 0.6) is 0 Å². The molecule has 1 aromatic carbocycles. The van der Waals surface area contributed by atoms with Crippen molar-refractivity contribution in [3.63, 3.8) is 0 Å². The maximum absolute atomic E-state index is 5.83. The van der Waals surface area contributed by atoms with Crippen molar-refractivity contribution in [3.8, 4) is 0 Å². The number of halogens is 1. The van der Waals surface area contributed by atoms with Crippen molar-refractivity contribution in [2.75, 3.05) is 18.5 Å². The summed E-state index contributed by atoms with van der Waals surface area (Å²) in [4.78, 5) is 2.25. The van der Waals surface area contributed by atoms with Gasteiger partial charge in [-0.1, -0.05) is 13.0 Å². The van der Waals surface area contributed by atoms with E-state index >= 15 is 0 Å². The summed E-state index contributed by atoms with van der Waals surface area (Å²) in [5, 5.41) is 0. The van der Waals surface area contributed by atoms with Gasteiger partial charge in [0.2, 0.25) is 0 Å². The molecule has 0 saturated heterocycles. The average Bonchev–Trinajstić information content (AvgIpc) is 2.17. The first kappa shape index (κ1) is 12.5. The van der Waals surface area contributed by atoms with Crippen molar-refractivity contribution in [3.05, 3.63) is 28.2 Å².